The molecule has 0 saturated carbocycles. The minimum atomic E-state index is -2.57. The van der Waals surface area contributed by atoms with Gasteiger partial charge in [0.05, 0.1) is 32.4 Å². The van der Waals surface area contributed by atoms with Crippen LogP contribution in [0.1, 0.15) is 11.1 Å². The van der Waals surface area contributed by atoms with Crippen LogP contribution in [0.2, 0.25) is 0 Å². The number of hydrogen-bond acceptors (Lipinski definition) is 4. The quantitative estimate of drug-likeness (QED) is 0.638. The summed E-state index contributed by atoms with van der Waals surface area (Å²) in [5, 5.41) is 5.14. The Labute approximate surface area is 168 Å². The van der Waals surface area contributed by atoms with Crippen molar-refractivity contribution in [1.29, 1.82) is 0 Å². The summed E-state index contributed by atoms with van der Waals surface area (Å²) in [6.45, 7) is 1.05. The van der Waals surface area contributed by atoms with Crippen molar-refractivity contribution in [2.75, 3.05) is 32.1 Å². The number of amides is 2. The van der Waals surface area contributed by atoms with Gasteiger partial charge in [0.25, 0.3) is 6.43 Å². The van der Waals surface area contributed by atoms with E-state index >= 15 is 0 Å². The Morgan fingerprint density at radius 3 is 2.48 bits per heavy atom. The first-order valence-corrected chi connectivity index (χ1v) is 9.13. The van der Waals surface area contributed by atoms with Gasteiger partial charge in [-0.1, -0.05) is 36.4 Å². The fraction of sp³-hybridized carbons (Fsp3) is 0.333. The van der Waals surface area contributed by atoms with Crippen LogP contribution in [0, 0.1) is 6.92 Å². The number of rotatable bonds is 10. The molecule has 2 aromatic carbocycles. The average molecular weight is 405 g/mol. The van der Waals surface area contributed by atoms with Crippen LogP contribution in [0.3, 0.4) is 0 Å². The molecule has 2 rings (SSSR count). The number of alkyl halides is 2. The lowest BCUT2D eigenvalue weighted by atomic mass is 10.2. The van der Waals surface area contributed by atoms with Crippen molar-refractivity contribution in [3.8, 4) is 5.75 Å². The molecular formula is C21H25F2N3O3. The summed E-state index contributed by atoms with van der Waals surface area (Å²) in [6, 6.07) is 14.4. The first-order valence-electron chi connectivity index (χ1n) is 9.13. The van der Waals surface area contributed by atoms with Crippen molar-refractivity contribution in [3.63, 3.8) is 0 Å². The maximum absolute atomic E-state index is 12.8. The van der Waals surface area contributed by atoms with Crippen LogP contribution < -0.4 is 15.4 Å². The Morgan fingerprint density at radius 1 is 1.10 bits per heavy atom. The van der Waals surface area contributed by atoms with Crippen molar-refractivity contribution >= 4 is 17.5 Å². The zero-order chi connectivity index (χ0) is 21.2. The van der Waals surface area contributed by atoms with E-state index in [-0.39, 0.29) is 19.6 Å². The predicted molar refractivity (Wildman–Crippen MR) is 107 cm³/mol. The molecule has 0 bridgehead atoms. The number of halogens is 2. The van der Waals surface area contributed by atoms with Crippen molar-refractivity contribution in [2.45, 2.75) is 19.9 Å². The van der Waals surface area contributed by atoms with Gasteiger partial charge >= 0.3 is 0 Å². The van der Waals surface area contributed by atoms with Crippen molar-refractivity contribution < 1.29 is 23.1 Å². The van der Waals surface area contributed by atoms with E-state index in [2.05, 4.69) is 10.6 Å². The minimum Gasteiger partial charge on any atom is -0.495 e. The van der Waals surface area contributed by atoms with Crippen LogP contribution in [0.25, 0.3) is 0 Å². The lowest BCUT2D eigenvalue weighted by Gasteiger charge is -2.21. The zero-order valence-corrected chi connectivity index (χ0v) is 16.5. The molecule has 0 fully saturated rings. The van der Waals surface area contributed by atoms with Crippen LogP contribution in [0.15, 0.2) is 48.5 Å². The Balaban J connectivity index is 1.87. The normalized spacial score (nSPS) is 10.8. The van der Waals surface area contributed by atoms with Gasteiger partial charge < -0.3 is 15.4 Å². The number of anilines is 1. The van der Waals surface area contributed by atoms with E-state index in [0.717, 1.165) is 11.1 Å². The number of methoxy groups -OCH3 is 1. The van der Waals surface area contributed by atoms with E-state index in [1.165, 1.54) is 12.0 Å². The van der Waals surface area contributed by atoms with Gasteiger partial charge in [-0.25, -0.2) is 8.78 Å². The molecule has 156 valence electrons. The van der Waals surface area contributed by atoms with E-state index < -0.39 is 24.8 Å². The minimum absolute atomic E-state index is 0.214. The molecule has 2 aromatic rings. The Morgan fingerprint density at radius 2 is 1.83 bits per heavy atom. The Kier molecular flexibility index (Phi) is 8.54. The van der Waals surface area contributed by atoms with Gasteiger partial charge in [0.2, 0.25) is 11.8 Å². The van der Waals surface area contributed by atoms with Gasteiger partial charge in [0, 0.05) is 6.54 Å². The van der Waals surface area contributed by atoms with Gasteiger partial charge in [-0.2, -0.15) is 0 Å². The highest BCUT2D eigenvalue weighted by molar-refractivity contribution is 5.96. The van der Waals surface area contributed by atoms with Gasteiger partial charge in [0.1, 0.15) is 5.75 Å². The second-order valence-corrected chi connectivity index (χ2v) is 6.57. The maximum atomic E-state index is 12.8. The number of ether oxygens (including phenoxy) is 1. The highest BCUT2D eigenvalue weighted by Crippen LogP contribution is 2.24. The molecule has 6 nitrogen and oxygen atoms in total. The summed E-state index contributed by atoms with van der Waals surface area (Å²) in [4.78, 5) is 25.6. The topological polar surface area (TPSA) is 70.7 Å². The van der Waals surface area contributed by atoms with Crippen molar-refractivity contribution in [3.05, 3.63) is 59.7 Å². The Bertz CT molecular complexity index is 816. The van der Waals surface area contributed by atoms with Crippen LogP contribution in [0.4, 0.5) is 14.5 Å². The maximum Gasteiger partial charge on any atom is 0.251 e. The molecular weight excluding hydrogens is 380 g/mol. The number of nitrogens with zero attached hydrogens (tertiary/aromatic N) is 1. The highest BCUT2D eigenvalue weighted by Gasteiger charge is 2.17. The summed E-state index contributed by atoms with van der Waals surface area (Å²) in [6.07, 6.45) is -2.57. The largest absolute Gasteiger partial charge is 0.495 e. The number of aryl methyl sites for hydroxylation is 1. The number of carbonyl (C=O) groups is 2. The summed E-state index contributed by atoms with van der Waals surface area (Å²) < 4.78 is 30.9. The summed E-state index contributed by atoms with van der Waals surface area (Å²) >= 11 is 0. The molecule has 0 aliphatic carbocycles. The van der Waals surface area contributed by atoms with Crippen molar-refractivity contribution in [2.24, 2.45) is 0 Å². The van der Waals surface area contributed by atoms with Gasteiger partial charge in [0.15, 0.2) is 0 Å². The molecule has 2 amide bonds. The summed E-state index contributed by atoms with van der Waals surface area (Å²) in [5.74, 6) is -0.445. The molecule has 0 aliphatic rings. The smallest absolute Gasteiger partial charge is 0.251 e. The monoisotopic (exact) mass is 405 g/mol. The summed E-state index contributed by atoms with van der Waals surface area (Å²) in [7, 11) is 1.49. The molecule has 0 atom stereocenters. The van der Waals surface area contributed by atoms with Crippen LogP contribution in [-0.4, -0.2) is 49.9 Å². The Hall–Kier alpha value is -3.00. The molecule has 0 unspecified atom stereocenters. The van der Waals surface area contributed by atoms with Crippen LogP contribution >= 0.6 is 0 Å². The third-order valence-electron chi connectivity index (χ3n) is 4.09. The zero-order valence-electron chi connectivity index (χ0n) is 16.5. The highest BCUT2D eigenvalue weighted by atomic mass is 19.3. The SMILES string of the molecule is COc1ccc(C)cc1NC(=O)CNC(=O)CN(Cc1ccccc1)CC(F)F. The third kappa shape index (κ3) is 7.87. The second kappa shape index (κ2) is 11.1. The van der Waals surface area contributed by atoms with Crippen molar-refractivity contribution in [1.82, 2.24) is 10.2 Å². The number of carbonyl (C=O) groups excluding carboxylic acids is 2. The lowest BCUT2D eigenvalue weighted by Crippen LogP contribution is -2.41. The first kappa shape index (κ1) is 22.3. The molecule has 2 N–H and O–H groups in total. The molecule has 0 spiro atoms. The fourth-order valence-corrected chi connectivity index (χ4v) is 2.77. The molecule has 8 heteroatoms. The lowest BCUT2D eigenvalue weighted by molar-refractivity contribution is -0.125. The van der Waals surface area contributed by atoms with E-state index in [1.54, 1.807) is 36.4 Å². The van der Waals surface area contributed by atoms with E-state index in [0.29, 0.717) is 11.4 Å². The predicted octanol–water partition coefficient (Wildman–Crippen LogP) is 2.83. The first-order chi connectivity index (χ1) is 13.9. The molecule has 0 heterocycles. The van der Waals surface area contributed by atoms with Crippen LogP contribution in [0.5, 0.6) is 5.75 Å². The molecule has 0 saturated heterocycles. The number of nitrogens with one attached hydrogen (secondary N) is 2. The third-order valence-corrected chi connectivity index (χ3v) is 4.09. The number of benzene rings is 2. The van der Waals surface area contributed by atoms with E-state index in [1.807, 2.05) is 19.1 Å². The second-order valence-electron chi connectivity index (χ2n) is 6.57. The average Bonchev–Trinajstić information content (AvgIpc) is 2.67. The fourth-order valence-electron chi connectivity index (χ4n) is 2.77. The summed E-state index contributed by atoms with van der Waals surface area (Å²) in [5.41, 5.74) is 2.26. The molecule has 0 aliphatic heterocycles. The number of hydrogen-bond donors (Lipinski definition) is 2. The van der Waals surface area contributed by atoms with Gasteiger partial charge in [-0.05, 0) is 30.2 Å². The molecule has 0 radical (unpaired) electrons. The molecule has 0 aromatic heterocycles. The molecule has 29 heavy (non-hydrogen) atoms. The van der Waals surface area contributed by atoms with E-state index in [4.69, 9.17) is 4.74 Å². The van der Waals surface area contributed by atoms with Gasteiger partial charge in [-0.15, -0.1) is 0 Å². The van der Waals surface area contributed by atoms with Gasteiger partial charge in [-0.3, -0.25) is 14.5 Å². The standard InChI is InChI=1S/C21H25F2N3O3/c1-15-8-9-18(29-2)17(10-15)25-20(27)11-24-21(28)14-26(13-19(22)23)12-16-6-4-3-5-7-16/h3-10,19H,11-14H2,1-2H3,(H,24,28)(H,25,27). The van der Waals surface area contributed by atoms with Crippen LogP contribution in [-0.2, 0) is 16.1 Å². The van der Waals surface area contributed by atoms with E-state index in [9.17, 15) is 18.4 Å².